The van der Waals surface area contributed by atoms with Crippen molar-refractivity contribution in [1.82, 2.24) is 9.97 Å². The summed E-state index contributed by atoms with van der Waals surface area (Å²) in [6, 6.07) is 5.88. The minimum absolute atomic E-state index is 0.0671. The Kier molecular flexibility index (Phi) is 4.39. The van der Waals surface area contributed by atoms with Crippen molar-refractivity contribution in [3.05, 3.63) is 54.4 Å². The molecule has 0 aliphatic heterocycles. The van der Waals surface area contributed by atoms with E-state index in [1.54, 1.807) is 24.5 Å². The average molecular weight is 262 g/mol. The van der Waals surface area contributed by atoms with Gasteiger partial charge >= 0.3 is 5.97 Å². The zero-order valence-corrected chi connectivity index (χ0v) is 9.95. The summed E-state index contributed by atoms with van der Waals surface area (Å²) in [6.45, 7) is 0.267. The van der Waals surface area contributed by atoms with Crippen LogP contribution in [-0.4, -0.2) is 29.2 Å². The predicted octanol–water partition coefficient (Wildman–Crippen LogP) is 1.85. The number of nitrogens with zero attached hydrogens (tertiary/aromatic N) is 2. The number of hydrogen-bond donors (Lipinski definition) is 0. The zero-order valence-electron chi connectivity index (χ0n) is 9.95. The van der Waals surface area contributed by atoms with Crippen molar-refractivity contribution in [2.45, 2.75) is 0 Å². The van der Waals surface area contributed by atoms with Crippen molar-refractivity contribution in [3.8, 4) is 5.75 Å². The Morgan fingerprint density at radius 2 is 2.16 bits per heavy atom. The zero-order chi connectivity index (χ0) is 13.5. The quantitative estimate of drug-likeness (QED) is 0.467. The largest absolute Gasteiger partial charge is 0.488 e. The average Bonchev–Trinajstić information content (AvgIpc) is 2.44. The molecule has 0 bridgehead atoms. The molecule has 2 aromatic heterocycles. The molecule has 0 radical (unpaired) electrons. The van der Waals surface area contributed by atoms with Gasteiger partial charge in [-0.05, 0) is 18.2 Å². The second-order valence-corrected chi connectivity index (χ2v) is 3.54. The van der Waals surface area contributed by atoms with E-state index in [-0.39, 0.29) is 18.8 Å². The Bertz CT molecular complexity index is 549. The monoisotopic (exact) mass is 262 g/mol. The van der Waals surface area contributed by atoms with Crippen LogP contribution in [0.4, 0.5) is 4.39 Å². The van der Waals surface area contributed by atoms with E-state index in [9.17, 15) is 9.18 Å². The summed E-state index contributed by atoms with van der Waals surface area (Å²) >= 11 is 0. The molecule has 0 fully saturated rings. The van der Waals surface area contributed by atoms with Crippen LogP contribution in [0.25, 0.3) is 0 Å². The fraction of sp³-hybridized carbons (Fsp3) is 0.154. The molecule has 0 saturated heterocycles. The normalized spacial score (nSPS) is 9.95. The van der Waals surface area contributed by atoms with Crippen molar-refractivity contribution in [2.24, 2.45) is 0 Å². The highest BCUT2D eigenvalue weighted by atomic mass is 19.1. The van der Waals surface area contributed by atoms with Crippen LogP contribution in [0.3, 0.4) is 0 Å². The Hall–Kier alpha value is -2.50. The first-order chi connectivity index (χ1) is 9.25. The van der Waals surface area contributed by atoms with Gasteiger partial charge < -0.3 is 9.47 Å². The standard InChI is InChI=1S/C13H11FN2O3/c14-12-8-10(3-5-16-12)13(17)19-7-6-18-11-2-1-4-15-9-11/h1-5,8-9H,6-7H2. The lowest BCUT2D eigenvalue weighted by molar-refractivity contribution is 0.0449. The van der Waals surface area contributed by atoms with Crippen LogP contribution in [0.2, 0.25) is 0 Å². The summed E-state index contributed by atoms with van der Waals surface area (Å²) in [6.07, 6.45) is 4.39. The summed E-state index contributed by atoms with van der Waals surface area (Å²) < 4.78 is 23.0. The van der Waals surface area contributed by atoms with Gasteiger partial charge in [-0.3, -0.25) is 4.98 Å². The molecule has 2 aromatic rings. The highest BCUT2D eigenvalue weighted by Gasteiger charge is 2.08. The van der Waals surface area contributed by atoms with Crippen LogP contribution in [-0.2, 0) is 4.74 Å². The highest BCUT2D eigenvalue weighted by Crippen LogP contribution is 2.06. The highest BCUT2D eigenvalue weighted by molar-refractivity contribution is 5.89. The number of carbonyl (C=O) groups excluding carboxylic acids is 1. The summed E-state index contributed by atoms with van der Waals surface area (Å²) in [4.78, 5) is 18.8. The number of esters is 1. The van der Waals surface area contributed by atoms with Crippen LogP contribution in [0.1, 0.15) is 10.4 Å². The molecule has 0 aliphatic carbocycles. The van der Waals surface area contributed by atoms with Crippen LogP contribution < -0.4 is 4.74 Å². The third-order valence-corrected chi connectivity index (χ3v) is 2.18. The van der Waals surface area contributed by atoms with E-state index in [1.165, 1.54) is 12.3 Å². The number of pyridine rings is 2. The molecular weight excluding hydrogens is 251 g/mol. The maximum atomic E-state index is 12.8. The third-order valence-electron chi connectivity index (χ3n) is 2.18. The number of rotatable bonds is 5. The lowest BCUT2D eigenvalue weighted by Gasteiger charge is -2.06. The first-order valence-electron chi connectivity index (χ1n) is 5.57. The van der Waals surface area contributed by atoms with Crippen molar-refractivity contribution in [1.29, 1.82) is 0 Å². The molecule has 0 aromatic carbocycles. The lowest BCUT2D eigenvalue weighted by atomic mass is 10.3. The second-order valence-electron chi connectivity index (χ2n) is 3.54. The molecule has 0 spiro atoms. The van der Waals surface area contributed by atoms with Crippen LogP contribution in [0, 0.1) is 5.95 Å². The fourth-order valence-electron chi connectivity index (χ4n) is 1.34. The van der Waals surface area contributed by atoms with Gasteiger partial charge in [0.25, 0.3) is 0 Å². The van der Waals surface area contributed by atoms with Crippen LogP contribution in [0.15, 0.2) is 42.9 Å². The number of aromatic nitrogens is 2. The van der Waals surface area contributed by atoms with Crippen molar-refractivity contribution in [3.63, 3.8) is 0 Å². The summed E-state index contributed by atoms with van der Waals surface area (Å²) in [5, 5.41) is 0. The van der Waals surface area contributed by atoms with Gasteiger partial charge in [0.2, 0.25) is 5.95 Å². The molecule has 5 nitrogen and oxygen atoms in total. The van der Waals surface area contributed by atoms with Gasteiger partial charge in [0.15, 0.2) is 0 Å². The Morgan fingerprint density at radius 3 is 2.89 bits per heavy atom. The van der Waals surface area contributed by atoms with E-state index in [4.69, 9.17) is 9.47 Å². The number of halogens is 1. The molecule has 0 N–H and O–H groups in total. The van der Waals surface area contributed by atoms with Gasteiger partial charge in [-0.1, -0.05) is 0 Å². The molecular formula is C13H11FN2O3. The summed E-state index contributed by atoms with van der Waals surface area (Å²) in [5.74, 6) is -0.745. The van der Waals surface area contributed by atoms with E-state index in [0.717, 1.165) is 6.07 Å². The SMILES string of the molecule is O=C(OCCOc1cccnc1)c1ccnc(F)c1. The minimum Gasteiger partial charge on any atom is -0.488 e. The summed E-state index contributed by atoms with van der Waals surface area (Å²) in [5.41, 5.74) is 0.119. The third kappa shape index (κ3) is 4.02. The molecule has 0 aliphatic rings. The first kappa shape index (κ1) is 12.9. The van der Waals surface area contributed by atoms with E-state index >= 15 is 0 Å². The lowest BCUT2D eigenvalue weighted by Crippen LogP contribution is -2.12. The smallest absolute Gasteiger partial charge is 0.338 e. The van der Waals surface area contributed by atoms with Crippen molar-refractivity contribution in [2.75, 3.05) is 13.2 Å². The van der Waals surface area contributed by atoms with Gasteiger partial charge in [0.1, 0.15) is 19.0 Å². The van der Waals surface area contributed by atoms with E-state index in [1.807, 2.05) is 0 Å². The Balaban J connectivity index is 1.75. The van der Waals surface area contributed by atoms with E-state index < -0.39 is 11.9 Å². The van der Waals surface area contributed by atoms with Gasteiger partial charge in [0.05, 0.1) is 11.8 Å². The maximum Gasteiger partial charge on any atom is 0.338 e. The number of carbonyl (C=O) groups is 1. The Labute approximate surface area is 109 Å². The van der Waals surface area contributed by atoms with E-state index in [2.05, 4.69) is 9.97 Å². The molecule has 98 valence electrons. The van der Waals surface area contributed by atoms with Crippen molar-refractivity contribution >= 4 is 5.97 Å². The molecule has 0 saturated carbocycles. The van der Waals surface area contributed by atoms with Gasteiger partial charge in [-0.25, -0.2) is 9.78 Å². The molecule has 19 heavy (non-hydrogen) atoms. The fourth-order valence-corrected chi connectivity index (χ4v) is 1.34. The van der Waals surface area contributed by atoms with Gasteiger partial charge in [-0.15, -0.1) is 0 Å². The molecule has 0 amide bonds. The van der Waals surface area contributed by atoms with Crippen molar-refractivity contribution < 1.29 is 18.7 Å². The van der Waals surface area contributed by atoms with Crippen LogP contribution >= 0.6 is 0 Å². The molecule has 0 unspecified atom stereocenters. The molecule has 6 heteroatoms. The number of hydrogen-bond acceptors (Lipinski definition) is 5. The second kappa shape index (κ2) is 6.44. The van der Waals surface area contributed by atoms with Crippen LogP contribution in [0.5, 0.6) is 5.75 Å². The maximum absolute atomic E-state index is 12.8. The Morgan fingerprint density at radius 1 is 1.26 bits per heavy atom. The topological polar surface area (TPSA) is 61.3 Å². The van der Waals surface area contributed by atoms with Gasteiger partial charge in [0, 0.05) is 18.5 Å². The minimum atomic E-state index is -0.721. The number of ether oxygens (including phenoxy) is 2. The predicted molar refractivity (Wildman–Crippen MR) is 64.2 cm³/mol. The molecule has 0 atom stereocenters. The van der Waals surface area contributed by atoms with Gasteiger partial charge in [-0.2, -0.15) is 4.39 Å². The summed E-state index contributed by atoms with van der Waals surface area (Å²) in [7, 11) is 0. The molecule has 2 heterocycles. The molecule has 2 rings (SSSR count). The van der Waals surface area contributed by atoms with E-state index in [0.29, 0.717) is 5.75 Å². The first-order valence-corrected chi connectivity index (χ1v) is 5.57.